The van der Waals surface area contributed by atoms with Gasteiger partial charge < -0.3 is 19.4 Å². The van der Waals surface area contributed by atoms with Crippen LogP contribution in [0.25, 0.3) is 11.1 Å². The summed E-state index contributed by atoms with van der Waals surface area (Å²) in [5.74, 6) is -0.792. The zero-order valence-corrected chi connectivity index (χ0v) is 16.8. The summed E-state index contributed by atoms with van der Waals surface area (Å²) < 4.78 is 24.9. The molecule has 4 aromatic rings. The predicted octanol–water partition coefficient (Wildman–Crippen LogP) is 2.47. The summed E-state index contributed by atoms with van der Waals surface area (Å²) >= 11 is 0. The maximum absolute atomic E-state index is 13.8. The molecule has 11 heteroatoms. The number of halogens is 1. The number of amides is 2. The quantitative estimate of drug-likeness (QED) is 0.487. The first-order valence-corrected chi connectivity index (χ1v) is 9.73. The van der Waals surface area contributed by atoms with Gasteiger partial charge in [-0.1, -0.05) is 25.6 Å². The third-order valence-electron chi connectivity index (χ3n) is 5.16. The van der Waals surface area contributed by atoms with E-state index in [2.05, 4.69) is 25.5 Å². The highest BCUT2D eigenvalue weighted by Gasteiger charge is 2.32. The lowest BCUT2D eigenvalue weighted by atomic mass is 10.1. The Bertz CT molecular complexity index is 1330. The molecule has 2 aromatic heterocycles. The number of oxazole rings is 1. The maximum atomic E-state index is 13.8. The highest BCUT2D eigenvalue weighted by molar-refractivity contribution is 6.03. The Balaban J connectivity index is 0.00000259. The number of anilines is 1. The molecule has 0 saturated heterocycles. The first-order chi connectivity index (χ1) is 15.5. The van der Waals surface area contributed by atoms with Crippen LogP contribution in [0.3, 0.4) is 0 Å². The summed E-state index contributed by atoms with van der Waals surface area (Å²) in [6.45, 7) is -0.0855. The molecule has 1 atom stereocenters. The number of ether oxygens (including phenoxy) is 1. The van der Waals surface area contributed by atoms with E-state index in [4.69, 9.17) is 9.15 Å². The highest BCUT2D eigenvalue weighted by Crippen LogP contribution is 2.34. The van der Waals surface area contributed by atoms with Crippen molar-refractivity contribution >= 4 is 28.6 Å². The topological polar surface area (TPSA) is 126 Å². The maximum Gasteiger partial charge on any atom is 0.291 e. The number of benzene rings is 2. The second-order valence-electron chi connectivity index (χ2n) is 7.25. The number of fused-ring (bicyclic) bond motifs is 2. The average Bonchev–Trinajstić information content (AvgIpc) is 3.43. The molecule has 5 rings (SSSR count). The van der Waals surface area contributed by atoms with Crippen LogP contribution in [0.1, 0.15) is 29.4 Å². The molecule has 1 aliphatic heterocycles. The third kappa shape index (κ3) is 4.12. The minimum atomic E-state index is -0.965. The van der Waals surface area contributed by atoms with Gasteiger partial charge in [0.2, 0.25) is 5.82 Å². The predicted molar refractivity (Wildman–Crippen MR) is 116 cm³/mol. The largest absolute Gasteiger partial charge is 0.489 e. The lowest BCUT2D eigenvalue weighted by Crippen LogP contribution is -2.49. The van der Waals surface area contributed by atoms with E-state index < -0.39 is 11.9 Å². The summed E-state index contributed by atoms with van der Waals surface area (Å²) in [6.07, 6.45) is 1.46. The molecule has 0 radical (unpaired) electrons. The van der Waals surface area contributed by atoms with Crippen LogP contribution < -0.4 is 15.0 Å². The lowest BCUT2D eigenvalue weighted by Gasteiger charge is -2.19. The zero-order valence-electron chi connectivity index (χ0n) is 16.8. The molecule has 33 heavy (non-hydrogen) atoms. The average molecular weight is 452 g/mol. The standard InChI is InChI=1S/C21H17FN6O4.CH4/c1-28-15-8-16-13(23-10-32-16)7-17(15)31-9-14(21(28)30)24-20(29)19-25-18(26-27-19)6-11-4-2-3-5-12(11)22;/h2-5,7-8,10,14H,6,9H2,1H3,(H,24,29)(H,25,26,27);1H4/t14-;/m0./s1. The number of likely N-dealkylation sites (N-methyl/N-ethyl adjacent to an activating group) is 1. The number of rotatable bonds is 4. The Morgan fingerprint density at radius 1 is 1.33 bits per heavy atom. The van der Waals surface area contributed by atoms with E-state index in [1.54, 1.807) is 37.4 Å². The smallest absolute Gasteiger partial charge is 0.291 e. The van der Waals surface area contributed by atoms with E-state index in [9.17, 15) is 14.0 Å². The fourth-order valence-electron chi connectivity index (χ4n) is 3.47. The number of aromatic nitrogens is 4. The molecule has 0 aliphatic carbocycles. The number of carbonyl (C=O) groups excluding carboxylic acids is 2. The fraction of sp³-hybridized carbons (Fsp3) is 0.227. The van der Waals surface area contributed by atoms with Crippen LogP contribution in [-0.2, 0) is 11.2 Å². The molecule has 3 heterocycles. The molecule has 1 aliphatic rings. The molecule has 2 N–H and O–H groups in total. The van der Waals surface area contributed by atoms with Gasteiger partial charge in [0.25, 0.3) is 11.8 Å². The normalized spacial score (nSPS) is 15.4. The number of aromatic amines is 1. The van der Waals surface area contributed by atoms with Crippen molar-refractivity contribution in [1.82, 2.24) is 25.5 Å². The molecule has 10 nitrogen and oxygen atoms in total. The van der Waals surface area contributed by atoms with Crippen molar-refractivity contribution < 1.29 is 23.1 Å². The Labute approximate surface area is 187 Å². The van der Waals surface area contributed by atoms with Crippen LogP contribution in [0.2, 0.25) is 0 Å². The van der Waals surface area contributed by atoms with Crippen LogP contribution in [0.4, 0.5) is 10.1 Å². The van der Waals surface area contributed by atoms with Crippen molar-refractivity contribution in [2.24, 2.45) is 0 Å². The fourth-order valence-corrected chi connectivity index (χ4v) is 3.47. The van der Waals surface area contributed by atoms with E-state index in [0.717, 1.165) is 0 Å². The van der Waals surface area contributed by atoms with Crippen LogP contribution in [0.5, 0.6) is 5.75 Å². The van der Waals surface area contributed by atoms with Crippen LogP contribution in [0.15, 0.2) is 47.2 Å². The number of hydrogen-bond donors (Lipinski definition) is 2. The summed E-state index contributed by atoms with van der Waals surface area (Å²) in [7, 11) is 1.58. The minimum Gasteiger partial charge on any atom is -0.489 e. The first-order valence-electron chi connectivity index (χ1n) is 9.73. The molecule has 0 unspecified atom stereocenters. The highest BCUT2D eigenvalue weighted by atomic mass is 19.1. The van der Waals surface area contributed by atoms with Crippen molar-refractivity contribution in [2.45, 2.75) is 19.9 Å². The van der Waals surface area contributed by atoms with Gasteiger partial charge in [-0.15, -0.1) is 5.10 Å². The van der Waals surface area contributed by atoms with E-state index >= 15 is 0 Å². The summed E-state index contributed by atoms with van der Waals surface area (Å²) in [5.41, 5.74) is 2.02. The summed E-state index contributed by atoms with van der Waals surface area (Å²) in [6, 6.07) is 8.63. The van der Waals surface area contributed by atoms with Gasteiger partial charge in [-0.2, -0.15) is 0 Å². The molecular weight excluding hydrogens is 431 g/mol. The van der Waals surface area contributed by atoms with Gasteiger partial charge >= 0.3 is 0 Å². The molecule has 2 aromatic carbocycles. The van der Waals surface area contributed by atoms with E-state index in [0.29, 0.717) is 33.9 Å². The minimum absolute atomic E-state index is 0. The molecule has 0 saturated carbocycles. The molecule has 0 bridgehead atoms. The van der Waals surface area contributed by atoms with Crippen molar-refractivity contribution in [3.63, 3.8) is 0 Å². The van der Waals surface area contributed by atoms with Gasteiger partial charge in [-0.25, -0.2) is 14.4 Å². The summed E-state index contributed by atoms with van der Waals surface area (Å²) in [4.78, 5) is 35.2. The second kappa shape index (κ2) is 8.69. The SMILES string of the molecule is C.CN1C(=O)[C@@H](NC(=O)c2n[nH]c(Cc3ccccc3F)n2)COc2cc3ncoc3cc21. The van der Waals surface area contributed by atoms with Crippen molar-refractivity contribution in [1.29, 1.82) is 0 Å². The molecule has 0 spiro atoms. The molecule has 0 fully saturated rings. The van der Waals surface area contributed by atoms with E-state index in [-0.39, 0.29) is 38.0 Å². The van der Waals surface area contributed by atoms with Crippen LogP contribution in [0, 0.1) is 5.82 Å². The number of H-pyrrole nitrogens is 1. The van der Waals surface area contributed by atoms with Crippen LogP contribution >= 0.6 is 0 Å². The van der Waals surface area contributed by atoms with E-state index in [1.165, 1.54) is 17.4 Å². The zero-order chi connectivity index (χ0) is 22.2. The van der Waals surface area contributed by atoms with Crippen molar-refractivity contribution in [3.05, 3.63) is 65.8 Å². The monoisotopic (exact) mass is 452 g/mol. The number of hydrogen-bond acceptors (Lipinski definition) is 7. The van der Waals surface area contributed by atoms with Crippen molar-refractivity contribution in [3.8, 4) is 5.75 Å². The Hall–Kier alpha value is -4.28. The number of nitrogens with one attached hydrogen (secondary N) is 2. The number of carbonyl (C=O) groups is 2. The third-order valence-corrected chi connectivity index (χ3v) is 5.16. The second-order valence-corrected chi connectivity index (χ2v) is 7.25. The molecule has 2 amide bonds. The van der Waals surface area contributed by atoms with Gasteiger partial charge in [0, 0.05) is 25.6 Å². The van der Waals surface area contributed by atoms with Gasteiger partial charge in [0.1, 0.15) is 35.6 Å². The van der Waals surface area contributed by atoms with Crippen LogP contribution in [-0.4, -0.2) is 51.7 Å². The first kappa shape index (κ1) is 21.9. The Morgan fingerprint density at radius 2 is 2.15 bits per heavy atom. The Kier molecular flexibility index (Phi) is 5.78. The van der Waals surface area contributed by atoms with E-state index in [1.807, 2.05) is 0 Å². The van der Waals surface area contributed by atoms with Gasteiger partial charge in [-0.05, 0) is 11.6 Å². The van der Waals surface area contributed by atoms with Gasteiger partial charge in [-0.3, -0.25) is 14.7 Å². The lowest BCUT2D eigenvalue weighted by molar-refractivity contribution is -0.120. The van der Waals surface area contributed by atoms with Gasteiger partial charge in [0.05, 0.1) is 5.69 Å². The number of nitrogens with zero attached hydrogens (tertiary/aromatic N) is 4. The van der Waals surface area contributed by atoms with Gasteiger partial charge in [0.15, 0.2) is 12.0 Å². The Morgan fingerprint density at radius 3 is 2.97 bits per heavy atom. The molecular formula is C22H21FN6O4. The molecule has 170 valence electrons. The summed E-state index contributed by atoms with van der Waals surface area (Å²) in [5, 5.41) is 9.12. The van der Waals surface area contributed by atoms with Crippen molar-refractivity contribution in [2.75, 3.05) is 18.6 Å².